The number of benzene rings is 2. The Kier molecular flexibility index (Phi) is 5.28. The summed E-state index contributed by atoms with van der Waals surface area (Å²) >= 11 is 6.14. The van der Waals surface area contributed by atoms with Gasteiger partial charge in [-0.25, -0.2) is 0 Å². The van der Waals surface area contributed by atoms with E-state index in [9.17, 15) is 4.79 Å². The third-order valence-electron chi connectivity index (χ3n) is 5.36. The number of anilines is 1. The molecule has 3 heterocycles. The average molecular weight is 458 g/mol. The molecule has 5 rings (SSSR count). The van der Waals surface area contributed by atoms with Gasteiger partial charge in [-0.05, 0) is 23.8 Å². The van der Waals surface area contributed by atoms with Gasteiger partial charge in [-0.15, -0.1) is 0 Å². The van der Waals surface area contributed by atoms with Crippen LogP contribution in [0.5, 0.6) is 23.0 Å². The van der Waals surface area contributed by atoms with Crippen LogP contribution in [-0.4, -0.2) is 36.7 Å². The van der Waals surface area contributed by atoms with Crippen LogP contribution >= 0.6 is 11.6 Å². The largest absolute Gasteiger partial charge is 0.495 e. The van der Waals surface area contributed by atoms with Gasteiger partial charge in [-0.1, -0.05) is 17.7 Å². The Labute approximate surface area is 188 Å². The summed E-state index contributed by atoms with van der Waals surface area (Å²) in [4.78, 5) is 12.9. The molecule has 1 N–H and O–H groups in total. The number of nitrogens with zero attached hydrogens (tertiary/aromatic N) is 2. The summed E-state index contributed by atoms with van der Waals surface area (Å²) in [5.74, 6) is 1.88. The third kappa shape index (κ3) is 3.69. The van der Waals surface area contributed by atoms with Crippen LogP contribution in [0.15, 0.2) is 36.4 Å². The summed E-state index contributed by atoms with van der Waals surface area (Å²) in [6.45, 7) is 1.02. The number of hydrogen-bond acceptors (Lipinski definition) is 7. The van der Waals surface area contributed by atoms with Crippen LogP contribution in [-0.2, 0) is 17.9 Å². The lowest BCUT2D eigenvalue weighted by molar-refractivity contribution is -0.00127. The first-order valence-corrected chi connectivity index (χ1v) is 10.2. The molecule has 3 aromatic rings. The zero-order valence-electron chi connectivity index (χ0n) is 17.4. The number of halogens is 1. The van der Waals surface area contributed by atoms with Gasteiger partial charge in [0, 0.05) is 12.1 Å². The highest BCUT2D eigenvalue weighted by Gasteiger charge is 2.26. The van der Waals surface area contributed by atoms with Gasteiger partial charge in [-0.2, -0.15) is 5.10 Å². The van der Waals surface area contributed by atoms with Crippen LogP contribution in [0.2, 0.25) is 5.02 Å². The summed E-state index contributed by atoms with van der Waals surface area (Å²) in [5.41, 5.74) is 2.47. The minimum absolute atomic E-state index is 0.214. The van der Waals surface area contributed by atoms with E-state index in [1.54, 1.807) is 22.9 Å². The lowest BCUT2D eigenvalue weighted by Crippen LogP contribution is -2.22. The summed E-state index contributed by atoms with van der Waals surface area (Å²) in [6.07, 6.45) is -0.214. The molecule has 1 atom stereocenters. The second-order valence-corrected chi connectivity index (χ2v) is 7.66. The lowest BCUT2D eigenvalue weighted by Gasteiger charge is -2.24. The summed E-state index contributed by atoms with van der Waals surface area (Å²) in [5, 5.41) is 7.67. The molecule has 0 spiro atoms. The first-order chi connectivity index (χ1) is 15.6. The smallest absolute Gasteiger partial charge is 0.276 e. The van der Waals surface area contributed by atoms with E-state index in [0.717, 1.165) is 17.0 Å². The van der Waals surface area contributed by atoms with Crippen molar-refractivity contribution in [3.63, 3.8) is 0 Å². The molecule has 2 aliphatic heterocycles. The molecule has 0 radical (unpaired) electrons. The molecule has 0 saturated heterocycles. The van der Waals surface area contributed by atoms with E-state index < -0.39 is 0 Å². The fraction of sp³-hybridized carbons (Fsp3) is 0.273. The van der Waals surface area contributed by atoms with E-state index in [1.807, 2.05) is 18.2 Å². The zero-order chi connectivity index (χ0) is 22.2. The number of ether oxygens (including phenoxy) is 5. The van der Waals surface area contributed by atoms with E-state index in [0.29, 0.717) is 41.1 Å². The Balaban J connectivity index is 1.34. The van der Waals surface area contributed by atoms with Gasteiger partial charge in [0.15, 0.2) is 17.2 Å². The van der Waals surface area contributed by atoms with Gasteiger partial charge < -0.3 is 29.0 Å². The van der Waals surface area contributed by atoms with Gasteiger partial charge in [0.05, 0.1) is 43.8 Å². The van der Waals surface area contributed by atoms with E-state index in [4.69, 9.17) is 35.3 Å². The molecule has 0 saturated carbocycles. The highest BCUT2D eigenvalue weighted by molar-refractivity contribution is 6.32. The van der Waals surface area contributed by atoms with Gasteiger partial charge in [0.1, 0.15) is 17.6 Å². The number of carbonyl (C=O) groups is 1. The molecule has 10 heteroatoms. The van der Waals surface area contributed by atoms with Crippen LogP contribution in [0.25, 0.3) is 0 Å². The van der Waals surface area contributed by atoms with E-state index >= 15 is 0 Å². The second kappa shape index (κ2) is 8.25. The number of carbonyl (C=O) groups excluding carboxylic acids is 1. The minimum Gasteiger partial charge on any atom is -0.495 e. The van der Waals surface area contributed by atoms with Gasteiger partial charge in [0.2, 0.25) is 6.79 Å². The average Bonchev–Trinajstić information content (AvgIpc) is 3.45. The number of nitrogens with one attached hydrogen (secondary N) is 1. The summed E-state index contributed by atoms with van der Waals surface area (Å²) < 4.78 is 29.2. The maximum Gasteiger partial charge on any atom is 0.276 e. The van der Waals surface area contributed by atoms with Gasteiger partial charge >= 0.3 is 0 Å². The van der Waals surface area contributed by atoms with Crippen LogP contribution in [0.4, 0.5) is 5.69 Å². The predicted octanol–water partition coefficient (Wildman–Crippen LogP) is 3.81. The highest BCUT2D eigenvalue weighted by Crippen LogP contribution is 2.37. The fourth-order valence-corrected chi connectivity index (χ4v) is 3.93. The minimum atomic E-state index is -0.380. The van der Waals surface area contributed by atoms with Crippen LogP contribution in [0.1, 0.15) is 27.8 Å². The number of amides is 1. The predicted molar refractivity (Wildman–Crippen MR) is 115 cm³/mol. The van der Waals surface area contributed by atoms with Crippen molar-refractivity contribution in [1.82, 2.24) is 9.78 Å². The van der Waals surface area contributed by atoms with Crippen molar-refractivity contribution in [3.8, 4) is 23.0 Å². The number of aromatic nitrogens is 2. The van der Waals surface area contributed by atoms with Crippen molar-refractivity contribution in [2.75, 3.05) is 26.3 Å². The monoisotopic (exact) mass is 457 g/mol. The summed E-state index contributed by atoms with van der Waals surface area (Å²) in [7, 11) is 3.00. The SMILES string of the molecule is COc1cc(NC(=O)c2cc3n(n2)C[C@H](c2ccc4c(c2)OCO4)OC3)c(OC)cc1Cl. The Bertz CT molecular complexity index is 1190. The summed E-state index contributed by atoms with van der Waals surface area (Å²) in [6, 6.07) is 10.6. The second-order valence-electron chi connectivity index (χ2n) is 7.26. The molecule has 32 heavy (non-hydrogen) atoms. The third-order valence-corrected chi connectivity index (χ3v) is 5.65. The zero-order valence-corrected chi connectivity index (χ0v) is 18.1. The highest BCUT2D eigenvalue weighted by atomic mass is 35.5. The van der Waals surface area contributed by atoms with Gasteiger partial charge in [0.25, 0.3) is 5.91 Å². The maximum atomic E-state index is 12.9. The Morgan fingerprint density at radius 1 is 1.12 bits per heavy atom. The quantitative estimate of drug-likeness (QED) is 0.622. The van der Waals surface area contributed by atoms with Crippen LogP contribution in [0, 0.1) is 0 Å². The standard InChI is InChI=1S/C22H20ClN3O6/c1-28-18-8-15(19(29-2)7-14(18)23)24-22(27)16-6-13-10-30-21(9-26(13)25-16)12-3-4-17-20(5-12)32-11-31-17/h3-8,21H,9-11H2,1-2H3,(H,24,27)/t21-/m1/s1. The Morgan fingerprint density at radius 2 is 1.94 bits per heavy atom. The van der Waals surface area contributed by atoms with Crippen molar-refractivity contribution in [2.45, 2.75) is 19.3 Å². The normalized spacial score (nSPS) is 16.4. The molecule has 1 amide bonds. The van der Waals surface area contributed by atoms with E-state index in [2.05, 4.69) is 10.4 Å². The van der Waals surface area contributed by atoms with E-state index in [1.165, 1.54) is 14.2 Å². The number of hydrogen-bond donors (Lipinski definition) is 1. The molecule has 0 unspecified atom stereocenters. The number of rotatable bonds is 5. The van der Waals surface area contributed by atoms with E-state index in [-0.39, 0.29) is 24.5 Å². The van der Waals surface area contributed by atoms with Crippen molar-refractivity contribution < 1.29 is 28.5 Å². The van der Waals surface area contributed by atoms with Crippen molar-refractivity contribution in [2.24, 2.45) is 0 Å². The molecule has 0 fully saturated rings. The van der Waals surface area contributed by atoms with Crippen molar-refractivity contribution in [1.29, 1.82) is 0 Å². The molecule has 166 valence electrons. The molecule has 2 aromatic carbocycles. The molecular formula is C22H20ClN3O6. The van der Waals surface area contributed by atoms with Crippen molar-refractivity contribution >= 4 is 23.2 Å². The topological polar surface area (TPSA) is 93.1 Å². The number of methoxy groups -OCH3 is 2. The lowest BCUT2D eigenvalue weighted by atomic mass is 10.1. The van der Waals surface area contributed by atoms with Crippen LogP contribution in [0.3, 0.4) is 0 Å². The Hall–Kier alpha value is -3.43. The first-order valence-electron chi connectivity index (χ1n) is 9.86. The maximum absolute atomic E-state index is 12.9. The van der Waals surface area contributed by atoms with Gasteiger partial charge in [-0.3, -0.25) is 9.48 Å². The number of fused-ring (bicyclic) bond motifs is 2. The first kappa shape index (κ1) is 20.5. The molecule has 2 aliphatic rings. The van der Waals surface area contributed by atoms with Crippen LogP contribution < -0.4 is 24.3 Å². The Morgan fingerprint density at radius 3 is 2.75 bits per heavy atom. The van der Waals surface area contributed by atoms with Crippen molar-refractivity contribution in [3.05, 3.63) is 58.4 Å². The molecule has 1 aromatic heterocycles. The molecule has 0 aliphatic carbocycles. The molecular weight excluding hydrogens is 438 g/mol. The molecule has 0 bridgehead atoms. The fourth-order valence-electron chi connectivity index (χ4n) is 3.70. The molecule has 9 nitrogen and oxygen atoms in total.